The van der Waals surface area contributed by atoms with Crippen molar-refractivity contribution < 1.29 is 28.9 Å². The van der Waals surface area contributed by atoms with Crippen molar-refractivity contribution in [2.24, 2.45) is 13.0 Å². The zero-order valence-corrected chi connectivity index (χ0v) is 30.3. The third kappa shape index (κ3) is 9.29. The summed E-state index contributed by atoms with van der Waals surface area (Å²) in [6, 6.07) is 32.2. The van der Waals surface area contributed by atoms with Crippen molar-refractivity contribution in [3.05, 3.63) is 143 Å². The molecule has 1 saturated heterocycles. The lowest BCUT2D eigenvalue weighted by Gasteiger charge is -2.41. The quantitative estimate of drug-likeness (QED) is 0.0903. The molecule has 1 fully saturated rings. The Morgan fingerprint density at radius 1 is 0.904 bits per heavy atom. The van der Waals surface area contributed by atoms with Crippen LogP contribution in [0, 0.1) is 5.92 Å². The summed E-state index contributed by atoms with van der Waals surface area (Å²) in [6.07, 6.45) is 3.16. The second-order valence-corrected chi connectivity index (χ2v) is 13.9. The number of aryl methyl sites for hydroxylation is 1. The highest BCUT2D eigenvalue weighted by Crippen LogP contribution is 2.43. The molecule has 270 valence electrons. The summed E-state index contributed by atoms with van der Waals surface area (Å²) < 4.78 is 20.2. The maximum absolute atomic E-state index is 12.8. The average Bonchev–Trinajstić information content (AvgIpc) is 3.60. The number of aliphatic hydroxyl groups is 1. The van der Waals surface area contributed by atoms with Gasteiger partial charge in [0.05, 0.1) is 25.9 Å². The zero-order chi connectivity index (χ0) is 36.5. The van der Waals surface area contributed by atoms with Gasteiger partial charge in [0.25, 0.3) is 0 Å². The maximum Gasteiger partial charge on any atom is 0.328 e. The van der Waals surface area contributed by atoms with Gasteiger partial charge in [-0.25, -0.2) is 14.6 Å². The predicted octanol–water partition coefficient (Wildman–Crippen LogP) is 6.75. The summed E-state index contributed by atoms with van der Waals surface area (Å²) in [5.41, 5.74) is 6.62. The maximum atomic E-state index is 12.8. The van der Waals surface area contributed by atoms with E-state index in [1.165, 1.54) is 7.11 Å². The highest BCUT2D eigenvalue weighted by atomic mass is 32.2. The highest BCUT2D eigenvalue weighted by Gasteiger charge is 2.38. The van der Waals surface area contributed by atoms with Crippen molar-refractivity contribution in [1.82, 2.24) is 20.2 Å². The number of imidazole rings is 1. The number of ether oxygens (including phenoxy) is 3. The van der Waals surface area contributed by atoms with Crippen LogP contribution in [-0.2, 0) is 45.6 Å². The lowest BCUT2D eigenvalue weighted by Crippen LogP contribution is -2.47. The molecule has 2 amide bonds. The topological polar surface area (TPSA) is 124 Å². The number of hydrogen-bond donors (Lipinski definition) is 3. The Labute approximate surface area is 308 Å². The molecule has 0 aliphatic carbocycles. The summed E-state index contributed by atoms with van der Waals surface area (Å²) in [7, 11) is 3.29. The molecule has 0 bridgehead atoms. The number of benzene rings is 4. The number of nitrogens with zero attached hydrogens (tertiary/aromatic N) is 2. The van der Waals surface area contributed by atoms with Crippen LogP contribution in [0.4, 0.5) is 4.79 Å². The Morgan fingerprint density at radius 2 is 1.63 bits per heavy atom. The second kappa shape index (κ2) is 17.5. The van der Waals surface area contributed by atoms with Crippen LogP contribution >= 0.6 is 11.8 Å². The minimum atomic E-state index is -0.811. The van der Waals surface area contributed by atoms with Crippen molar-refractivity contribution in [2.45, 2.75) is 56.2 Å². The number of rotatable bonds is 13. The second-order valence-electron chi connectivity index (χ2n) is 12.9. The van der Waals surface area contributed by atoms with Crippen molar-refractivity contribution in [2.75, 3.05) is 12.9 Å². The van der Waals surface area contributed by atoms with Crippen LogP contribution in [0.25, 0.3) is 11.1 Å². The number of thioether (sulfide) groups is 1. The first kappa shape index (κ1) is 36.8. The van der Waals surface area contributed by atoms with Gasteiger partial charge in [-0.3, -0.25) is 0 Å². The highest BCUT2D eigenvalue weighted by molar-refractivity contribution is 7.99. The molecule has 1 aliphatic heterocycles. The number of amides is 2. The Morgan fingerprint density at radius 3 is 2.33 bits per heavy atom. The fourth-order valence-electron chi connectivity index (χ4n) is 6.23. The molecule has 52 heavy (non-hydrogen) atoms. The molecule has 10 nitrogen and oxygen atoms in total. The third-order valence-corrected chi connectivity index (χ3v) is 10.4. The Bertz CT molecular complexity index is 1920. The first-order valence-electron chi connectivity index (χ1n) is 17.3. The fourth-order valence-corrected chi connectivity index (χ4v) is 7.32. The molecule has 5 atom stereocenters. The number of aliphatic hydroxyl groups excluding tert-OH is 1. The van der Waals surface area contributed by atoms with Crippen molar-refractivity contribution in [1.29, 1.82) is 0 Å². The van der Waals surface area contributed by atoms with Gasteiger partial charge in [-0.1, -0.05) is 116 Å². The largest absolute Gasteiger partial charge is 0.467 e. The van der Waals surface area contributed by atoms with Gasteiger partial charge in [0, 0.05) is 49.6 Å². The van der Waals surface area contributed by atoms with Crippen LogP contribution in [0.3, 0.4) is 0 Å². The molecule has 2 heterocycles. The number of methoxy groups -OCH3 is 1. The Balaban J connectivity index is 1.12. The van der Waals surface area contributed by atoms with Crippen LogP contribution < -0.4 is 10.6 Å². The van der Waals surface area contributed by atoms with E-state index in [1.54, 1.807) is 18.0 Å². The lowest BCUT2D eigenvalue weighted by molar-refractivity contribution is -0.268. The minimum Gasteiger partial charge on any atom is -0.467 e. The molecule has 4 aromatic carbocycles. The molecule has 0 radical (unpaired) electrons. The molecule has 11 heteroatoms. The fraction of sp³-hybridized carbons (Fsp3) is 0.293. The lowest BCUT2D eigenvalue weighted by atomic mass is 9.91. The van der Waals surface area contributed by atoms with Crippen LogP contribution in [0.15, 0.2) is 121 Å². The van der Waals surface area contributed by atoms with E-state index in [2.05, 4.69) is 22.5 Å². The molecule has 0 unspecified atom stereocenters. The minimum absolute atomic E-state index is 0.0101. The summed E-state index contributed by atoms with van der Waals surface area (Å²) in [5.74, 6) is 0.274. The molecular weight excluding hydrogens is 677 g/mol. The average molecular weight is 721 g/mol. The van der Waals surface area contributed by atoms with Gasteiger partial charge in [0.1, 0.15) is 6.04 Å². The summed E-state index contributed by atoms with van der Waals surface area (Å²) >= 11 is 1.66. The molecule has 5 aromatic rings. The smallest absolute Gasteiger partial charge is 0.328 e. The number of carbonyl (C=O) groups is 2. The first-order valence-corrected chi connectivity index (χ1v) is 18.3. The van der Waals surface area contributed by atoms with Gasteiger partial charge in [0.15, 0.2) is 11.4 Å². The van der Waals surface area contributed by atoms with Gasteiger partial charge >= 0.3 is 12.0 Å². The van der Waals surface area contributed by atoms with E-state index in [4.69, 9.17) is 14.2 Å². The van der Waals surface area contributed by atoms with Crippen LogP contribution in [-0.4, -0.2) is 51.7 Å². The summed E-state index contributed by atoms with van der Waals surface area (Å²) in [6.45, 7) is 2.42. The van der Waals surface area contributed by atoms with Gasteiger partial charge in [-0.2, -0.15) is 0 Å². The molecule has 0 saturated carbocycles. The van der Waals surface area contributed by atoms with E-state index in [0.29, 0.717) is 12.2 Å². The first-order chi connectivity index (χ1) is 25.3. The van der Waals surface area contributed by atoms with E-state index in [-0.39, 0.29) is 31.3 Å². The van der Waals surface area contributed by atoms with Crippen LogP contribution in [0.2, 0.25) is 0 Å². The number of esters is 1. The molecule has 0 spiro atoms. The molecule has 1 aromatic heterocycles. The Kier molecular flexibility index (Phi) is 12.4. The van der Waals surface area contributed by atoms with Gasteiger partial charge in [-0.05, 0) is 39.4 Å². The SMILES string of the molecule is COC(=O)[C@H](Cc1ccccc1)NC(=O)NCc1cccc(-c2ccc([C@H]3O[C@@H](CSc4nccn4C)[C@@H](C)[C@@H](c4ccc(CO)cc4)O3)cc2)c1. The molecule has 1 aliphatic rings. The predicted molar refractivity (Wildman–Crippen MR) is 200 cm³/mol. The van der Waals surface area contributed by atoms with Gasteiger partial charge in [0.2, 0.25) is 0 Å². The van der Waals surface area contributed by atoms with Crippen LogP contribution in [0.1, 0.15) is 47.1 Å². The molecule has 3 N–H and O–H groups in total. The number of carbonyl (C=O) groups excluding carboxylic acids is 2. The molecule has 6 rings (SSSR count). The van der Waals surface area contributed by atoms with Gasteiger partial charge in [-0.15, -0.1) is 0 Å². The van der Waals surface area contributed by atoms with E-state index < -0.39 is 24.3 Å². The van der Waals surface area contributed by atoms with Crippen molar-refractivity contribution in [3.63, 3.8) is 0 Å². The number of urea groups is 1. The van der Waals surface area contributed by atoms with E-state index in [9.17, 15) is 14.7 Å². The number of hydrogen-bond acceptors (Lipinski definition) is 8. The van der Waals surface area contributed by atoms with Gasteiger partial charge < -0.3 is 34.5 Å². The zero-order valence-electron chi connectivity index (χ0n) is 29.5. The van der Waals surface area contributed by atoms with E-state index in [1.807, 2.05) is 121 Å². The standard InChI is InChI=1S/C41H44N4O6S/c1-27-36(26-52-41-42-20-21-45(41)2)50-39(51-37(27)32-14-12-29(25-46)13-15-32)33-18-16-31(17-19-33)34-11-7-10-30(22-34)24-43-40(48)44-35(38(47)49-3)23-28-8-5-4-6-9-28/h4-22,27,35-37,39,46H,23-26H2,1-3H3,(H2,43,44,48)/t27-,35+,36+,37+,39+/m1/s1. The number of aromatic nitrogens is 2. The van der Waals surface area contributed by atoms with Crippen LogP contribution in [0.5, 0.6) is 0 Å². The Hall–Kier alpha value is -4.94. The van der Waals surface area contributed by atoms with Crippen molar-refractivity contribution >= 4 is 23.8 Å². The monoisotopic (exact) mass is 720 g/mol. The van der Waals surface area contributed by atoms with Crippen molar-refractivity contribution in [3.8, 4) is 11.1 Å². The normalized spacial score (nSPS) is 19.1. The summed E-state index contributed by atoms with van der Waals surface area (Å²) in [4.78, 5) is 29.7. The number of nitrogens with one attached hydrogen (secondary N) is 2. The summed E-state index contributed by atoms with van der Waals surface area (Å²) in [5, 5.41) is 16.1. The van der Waals surface area contributed by atoms with E-state index in [0.717, 1.165) is 44.1 Å². The third-order valence-electron chi connectivity index (χ3n) is 9.25. The van der Waals surface area contributed by atoms with E-state index >= 15 is 0 Å². The molecular formula is C41H44N4O6S.